The zero-order chi connectivity index (χ0) is 13.4. The lowest BCUT2D eigenvalue weighted by Gasteiger charge is -2.22. The fourth-order valence-electron chi connectivity index (χ4n) is 2.45. The van der Waals surface area contributed by atoms with E-state index in [9.17, 15) is 4.79 Å². The Morgan fingerprint density at radius 1 is 1.33 bits per heavy atom. The fourth-order valence-corrected chi connectivity index (χ4v) is 2.45. The van der Waals surface area contributed by atoms with Crippen LogP contribution in [0.1, 0.15) is 51.4 Å². The van der Waals surface area contributed by atoms with Crippen LogP contribution in [0.15, 0.2) is 5.16 Å². The average molecular weight is 255 g/mol. The first-order valence-corrected chi connectivity index (χ1v) is 6.84. The lowest BCUT2D eigenvalue weighted by atomic mass is 9.86. The van der Waals surface area contributed by atoms with Gasteiger partial charge in [0.15, 0.2) is 0 Å². The van der Waals surface area contributed by atoms with E-state index in [-0.39, 0.29) is 11.7 Å². The number of amides is 1. The minimum Gasteiger partial charge on any atom is -0.409 e. The molecule has 5 heteroatoms. The maximum Gasteiger partial charge on any atom is 0.222 e. The van der Waals surface area contributed by atoms with E-state index in [4.69, 9.17) is 10.9 Å². The minimum absolute atomic E-state index is 0.159. The first-order valence-electron chi connectivity index (χ1n) is 6.84. The van der Waals surface area contributed by atoms with Crippen LogP contribution in [0.3, 0.4) is 0 Å². The maximum absolute atomic E-state index is 11.9. The van der Waals surface area contributed by atoms with E-state index >= 15 is 0 Å². The van der Waals surface area contributed by atoms with Gasteiger partial charge in [-0.1, -0.05) is 37.3 Å². The third-order valence-electron chi connectivity index (χ3n) is 3.75. The Morgan fingerprint density at radius 2 is 2.00 bits per heavy atom. The van der Waals surface area contributed by atoms with E-state index in [2.05, 4.69) is 5.16 Å². The van der Waals surface area contributed by atoms with Gasteiger partial charge in [0.2, 0.25) is 5.91 Å². The van der Waals surface area contributed by atoms with Crippen LogP contribution in [0.25, 0.3) is 0 Å². The van der Waals surface area contributed by atoms with Gasteiger partial charge in [0.05, 0.1) is 0 Å². The summed E-state index contributed by atoms with van der Waals surface area (Å²) in [6.45, 7) is 0.513. The van der Waals surface area contributed by atoms with Crippen molar-refractivity contribution in [1.29, 1.82) is 0 Å². The molecule has 0 aromatic heterocycles. The summed E-state index contributed by atoms with van der Waals surface area (Å²) in [7, 11) is 1.77. The highest BCUT2D eigenvalue weighted by Gasteiger charge is 2.16. The number of nitrogens with two attached hydrogens (primary N) is 1. The molecule has 104 valence electrons. The molecule has 0 saturated heterocycles. The SMILES string of the molecule is CN(CC/C(N)=N/O)C(=O)CCC1CCCCC1. The molecule has 5 nitrogen and oxygen atoms in total. The fraction of sp³-hybridized carbons (Fsp3) is 0.846. The van der Waals surface area contributed by atoms with Gasteiger partial charge in [-0.25, -0.2) is 0 Å². The molecular weight excluding hydrogens is 230 g/mol. The van der Waals surface area contributed by atoms with Crippen molar-refractivity contribution in [3.63, 3.8) is 0 Å². The van der Waals surface area contributed by atoms with Crippen molar-refractivity contribution in [2.24, 2.45) is 16.8 Å². The summed E-state index contributed by atoms with van der Waals surface area (Å²) in [5, 5.41) is 11.3. The highest BCUT2D eigenvalue weighted by atomic mass is 16.4. The monoisotopic (exact) mass is 255 g/mol. The molecule has 0 aliphatic heterocycles. The smallest absolute Gasteiger partial charge is 0.222 e. The largest absolute Gasteiger partial charge is 0.409 e. The van der Waals surface area contributed by atoms with Crippen molar-refractivity contribution in [3.8, 4) is 0 Å². The second kappa shape index (κ2) is 7.95. The molecule has 1 saturated carbocycles. The predicted molar refractivity (Wildman–Crippen MR) is 71.5 cm³/mol. The third kappa shape index (κ3) is 5.38. The molecule has 1 amide bonds. The molecule has 1 rings (SSSR count). The Bertz CT molecular complexity index is 286. The van der Waals surface area contributed by atoms with Crippen molar-refractivity contribution >= 4 is 11.7 Å². The zero-order valence-corrected chi connectivity index (χ0v) is 11.3. The molecular formula is C13H25N3O2. The number of hydrogen-bond acceptors (Lipinski definition) is 3. The molecule has 0 unspecified atom stereocenters. The van der Waals surface area contributed by atoms with Gasteiger partial charge in [0.1, 0.15) is 5.84 Å². The van der Waals surface area contributed by atoms with Crippen molar-refractivity contribution in [1.82, 2.24) is 4.90 Å². The summed E-state index contributed by atoms with van der Waals surface area (Å²) in [6, 6.07) is 0. The van der Waals surface area contributed by atoms with E-state index in [1.54, 1.807) is 11.9 Å². The standard InChI is InChI=1S/C13H25N3O2/c1-16(10-9-12(14)15-18)13(17)8-7-11-5-3-2-4-6-11/h11,18H,2-10H2,1H3,(H2,14,15). The molecule has 3 N–H and O–H groups in total. The summed E-state index contributed by atoms with van der Waals surface area (Å²) >= 11 is 0. The topological polar surface area (TPSA) is 78.9 Å². The Labute approximate surface area is 109 Å². The van der Waals surface area contributed by atoms with Gasteiger partial charge in [-0.15, -0.1) is 0 Å². The molecule has 0 radical (unpaired) electrons. The zero-order valence-electron chi connectivity index (χ0n) is 11.3. The molecule has 1 fully saturated rings. The summed E-state index contributed by atoms with van der Waals surface area (Å²) in [4.78, 5) is 13.5. The molecule has 18 heavy (non-hydrogen) atoms. The maximum atomic E-state index is 11.9. The van der Waals surface area contributed by atoms with Gasteiger partial charge in [-0.05, 0) is 12.3 Å². The van der Waals surface area contributed by atoms with E-state index in [0.29, 0.717) is 19.4 Å². The lowest BCUT2D eigenvalue weighted by Crippen LogP contribution is -2.30. The minimum atomic E-state index is 0.159. The molecule has 0 spiro atoms. The Balaban J connectivity index is 2.18. The second-order valence-electron chi connectivity index (χ2n) is 5.20. The normalized spacial score (nSPS) is 17.7. The third-order valence-corrected chi connectivity index (χ3v) is 3.75. The molecule has 1 aliphatic rings. The van der Waals surface area contributed by atoms with Gasteiger partial charge in [0.25, 0.3) is 0 Å². The molecule has 0 atom stereocenters. The van der Waals surface area contributed by atoms with Crippen molar-refractivity contribution < 1.29 is 10.0 Å². The predicted octanol–water partition coefficient (Wildman–Crippen LogP) is 1.94. The average Bonchev–Trinajstić information content (AvgIpc) is 2.42. The van der Waals surface area contributed by atoms with Gasteiger partial charge in [-0.2, -0.15) is 0 Å². The highest BCUT2D eigenvalue weighted by Crippen LogP contribution is 2.27. The first kappa shape index (κ1) is 14.8. The second-order valence-corrected chi connectivity index (χ2v) is 5.20. The van der Waals surface area contributed by atoms with E-state index in [1.807, 2.05) is 0 Å². The molecule has 0 heterocycles. The summed E-state index contributed by atoms with van der Waals surface area (Å²) < 4.78 is 0. The van der Waals surface area contributed by atoms with Crippen LogP contribution in [0.2, 0.25) is 0 Å². The Morgan fingerprint density at radius 3 is 2.61 bits per heavy atom. The molecule has 1 aliphatic carbocycles. The van der Waals surface area contributed by atoms with Crippen LogP contribution >= 0.6 is 0 Å². The van der Waals surface area contributed by atoms with E-state index in [1.165, 1.54) is 32.1 Å². The van der Waals surface area contributed by atoms with Gasteiger partial charge in [0, 0.05) is 26.4 Å². The Kier molecular flexibility index (Phi) is 6.54. The van der Waals surface area contributed by atoms with Gasteiger partial charge in [-0.3, -0.25) is 4.79 Å². The number of carbonyl (C=O) groups is 1. The molecule has 0 bridgehead atoms. The van der Waals surface area contributed by atoms with Gasteiger partial charge >= 0.3 is 0 Å². The molecule has 0 aromatic rings. The summed E-state index contributed by atoms with van der Waals surface area (Å²) in [6.07, 6.45) is 8.59. The molecule has 0 aromatic carbocycles. The highest BCUT2D eigenvalue weighted by molar-refractivity contribution is 5.81. The number of hydrogen-bond donors (Lipinski definition) is 2. The van der Waals surface area contributed by atoms with Crippen LogP contribution in [-0.4, -0.2) is 35.4 Å². The number of nitrogens with zero attached hydrogens (tertiary/aromatic N) is 2. The summed E-state index contributed by atoms with van der Waals surface area (Å²) in [5.74, 6) is 1.06. The van der Waals surface area contributed by atoms with Gasteiger partial charge < -0.3 is 15.8 Å². The van der Waals surface area contributed by atoms with Crippen molar-refractivity contribution in [2.75, 3.05) is 13.6 Å². The van der Waals surface area contributed by atoms with Crippen LogP contribution in [0, 0.1) is 5.92 Å². The lowest BCUT2D eigenvalue weighted by molar-refractivity contribution is -0.130. The number of rotatable bonds is 6. The van der Waals surface area contributed by atoms with Crippen molar-refractivity contribution in [3.05, 3.63) is 0 Å². The number of amidine groups is 1. The van der Waals surface area contributed by atoms with E-state index in [0.717, 1.165) is 12.3 Å². The van der Waals surface area contributed by atoms with Crippen LogP contribution in [0.5, 0.6) is 0 Å². The van der Waals surface area contributed by atoms with Crippen LogP contribution < -0.4 is 5.73 Å². The van der Waals surface area contributed by atoms with Crippen LogP contribution in [0.4, 0.5) is 0 Å². The first-order chi connectivity index (χ1) is 8.63. The summed E-state index contributed by atoms with van der Waals surface area (Å²) in [5.41, 5.74) is 5.37. The van der Waals surface area contributed by atoms with Crippen LogP contribution in [-0.2, 0) is 4.79 Å². The number of oxime groups is 1. The van der Waals surface area contributed by atoms with E-state index < -0.39 is 0 Å². The number of carbonyl (C=O) groups excluding carboxylic acids is 1. The quantitative estimate of drug-likeness (QED) is 0.329. The van der Waals surface area contributed by atoms with Crippen molar-refractivity contribution in [2.45, 2.75) is 51.4 Å². The Hall–Kier alpha value is -1.26.